The normalized spacial score (nSPS) is 11.6. The van der Waals surface area contributed by atoms with Crippen molar-refractivity contribution in [3.05, 3.63) is 21.9 Å². The summed E-state index contributed by atoms with van der Waals surface area (Å²) in [6.07, 6.45) is -1.38. The predicted molar refractivity (Wildman–Crippen MR) is 62.1 cm³/mol. The van der Waals surface area contributed by atoms with Gasteiger partial charge in [-0.2, -0.15) is 0 Å². The van der Waals surface area contributed by atoms with E-state index in [1.165, 1.54) is 4.88 Å². The first kappa shape index (κ1) is 13.5. The molecule has 0 spiro atoms. The van der Waals surface area contributed by atoms with Gasteiger partial charge in [0.1, 0.15) is 0 Å². The van der Waals surface area contributed by atoms with Gasteiger partial charge in [0, 0.05) is 22.8 Å². The third-order valence-corrected chi connectivity index (χ3v) is 3.47. The van der Waals surface area contributed by atoms with Gasteiger partial charge >= 0.3 is 0 Å². The van der Waals surface area contributed by atoms with Crippen molar-refractivity contribution >= 4 is 11.3 Å². The molecule has 0 fully saturated rings. The van der Waals surface area contributed by atoms with E-state index in [0.717, 1.165) is 11.3 Å². The maximum atomic E-state index is 12.3. The van der Waals surface area contributed by atoms with Crippen LogP contribution in [0.1, 0.15) is 16.7 Å². The molecule has 0 radical (unpaired) electrons. The van der Waals surface area contributed by atoms with Crippen LogP contribution in [0.2, 0.25) is 0 Å². The number of hydrogen-bond donors (Lipinski definition) is 1. The van der Waals surface area contributed by atoms with E-state index in [2.05, 4.69) is 6.92 Å². The molecule has 0 aromatic carbocycles. The second-order valence-corrected chi connectivity index (χ2v) is 4.82. The highest BCUT2D eigenvalue weighted by atomic mass is 32.1. The number of rotatable bonds is 7. The Labute approximate surface area is 98.5 Å². The lowest BCUT2D eigenvalue weighted by Crippen LogP contribution is -2.30. The number of aliphatic hydroxyl groups is 1. The average Bonchev–Trinajstić information content (AvgIpc) is 2.65. The molecule has 16 heavy (non-hydrogen) atoms. The molecule has 92 valence electrons. The number of hydrogen-bond acceptors (Lipinski definition) is 3. The van der Waals surface area contributed by atoms with Gasteiger partial charge in [-0.25, -0.2) is 8.78 Å². The van der Waals surface area contributed by atoms with Crippen LogP contribution in [0, 0.1) is 0 Å². The summed E-state index contributed by atoms with van der Waals surface area (Å²) in [5.41, 5.74) is 0. The van der Waals surface area contributed by atoms with Gasteiger partial charge in [0.25, 0.3) is 6.43 Å². The van der Waals surface area contributed by atoms with Crippen LogP contribution < -0.4 is 0 Å². The minimum Gasteiger partial charge on any atom is -0.395 e. The lowest BCUT2D eigenvalue weighted by molar-refractivity contribution is 0.0751. The third kappa shape index (κ3) is 4.55. The second-order valence-electron chi connectivity index (χ2n) is 3.57. The standard InChI is InChI=1S/C11H17F2NOS/c1-2-9-3-4-10(16-9)7-14(5-6-15)8-11(12)13/h3-4,11,15H,2,5-8H2,1H3. The van der Waals surface area contributed by atoms with Crippen molar-refractivity contribution in [1.29, 1.82) is 0 Å². The summed E-state index contributed by atoms with van der Waals surface area (Å²) in [4.78, 5) is 3.91. The fourth-order valence-electron chi connectivity index (χ4n) is 1.49. The van der Waals surface area contributed by atoms with Crippen molar-refractivity contribution in [3.8, 4) is 0 Å². The first-order chi connectivity index (χ1) is 7.65. The van der Waals surface area contributed by atoms with Crippen LogP contribution in [0.3, 0.4) is 0 Å². The molecule has 1 heterocycles. The molecule has 0 unspecified atom stereocenters. The van der Waals surface area contributed by atoms with Crippen molar-refractivity contribution in [3.63, 3.8) is 0 Å². The van der Waals surface area contributed by atoms with Crippen LogP contribution in [0.25, 0.3) is 0 Å². The van der Waals surface area contributed by atoms with E-state index >= 15 is 0 Å². The number of aryl methyl sites for hydroxylation is 1. The van der Waals surface area contributed by atoms with E-state index in [9.17, 15) is 8.78 Å². The number of alkyl halides is 2. The monoisotopic (exact) mass is 249 g/mol. The Bertz CT molecular complexity index is 304. The van der Waals surface area contributed by atoms with Crippen molar-refractivity contribution < 1.29 is 13.9 Å². The molecule has 2 nitrogen and oxygen atoms in total. The predicted octanol–water partition coefficient (Wildman–Crippen LogP) is 2.37. The molecule has 1 N–H and O–H groups in total. The van der Waals surface area contributed by atoms with Crippen LogP contribution in [0.15, 0.2) is 12.1 Å². The fourth-order valence-corrected chi connectivity index (χ4v) is 2.49. The van der Waals surface area contributed by atoms with Gasteiger partial charge in [-0.15, -0.1) is 11.3 Å². The van der Waals surface area contributed by atoms with Gasteiger partial charge in [-0.05, 0) is 18.6 Å². The highest BCUT2D eigenvalue weighted by Gasteiger charge is 2.12. The smallest absolute Gasteiger partial charge is 0.251 e. The lowest BCUT2D eigenvalue weighted by Gasteiger charge is -2.19. The molecular formula is C11H17F2NOS. The van der Waals surface area contributed by atoms with Gasteiger partial charge in [0.2, 0.25) is 0 Å². The summed E-state index contributed by atoms with van der Waals surface area (Å²) >= 11 is 1.65. The maximum absolute atomic E-state index is 12.3. The van der Waals surface area contributed by atoms with E-state index in [1.807, 2.05) is 12.1 Å². The van der Waals surface area contributed by atoms with E-state index in [0.29, 0.717) is 13.1 Å². The highest BCUT2D eigenvalue weighted by molar-refractivity contribution is 7.11. The van der Waals surface area contributed by atoms with E-state index < -0.39 is 6.43 Å². The van der Waals surface area contributed by atoms with E-state index in [-0.39, 0.29) is 13.2 Å². The Morgan fingerprint density at radius 1 is 1.38 bits per heavy atom. The highest BCUT2D eigenvalue weighted by Crippen LogP contribution is 2.19. The fraction of sp³-hybridized carbons (Fsp3) is 0.636. The van der Waals surface area contributed by atoms with Gasteiger partial charge in [0.05, 0.1) is 13.2 Å². The van der Waals surface area contributed by atoms with Crippen molar-refractivity contribution in [2.75, 3.05) is 19.7 Å². The Balaban J connectivity index is 2.52. The van der Waals surface area contributed by atoms with Gasteiger partial charge < -0.3 is 5.11 Å². The molecule has 0 bridgehead atoms. The Kier molecular flexibility index (Phi) is 5.87. The van der Waals surface area contributed by atoms with Gasteiger partial charge in [0.15, 0.2) is 0 Å². The van der Waals surface area contributed by atoms with Crippen LogP contribution in [0.5, 0.6) is 0 Å². The molecule has 1 aromatic heterocycles. The Hall–Kier alpha value is -0.520. The summed E-state index contributed by atoms with van der Waals surface area (Å²) in [6.45, 7) is 2.50. The molecule has 0 saturated heterocycles. The minimum atomic E-state index is -2.35. The molecule has 5 heteroatoms. The molecule has 0 aliphatic heterocycles. The largest absolute Gasteiger partial charge is 0.395 e. The number of nitrogens with zero attached hydrogens (tertiary/aromatic N) is 1. The first-order valence-corrected chi connectivity index (χ1v) is 6.16. The zero-order chi connectivity index (χ0) is 12.0. The molecule has 0 atom stereocenters. The number of aliphatic hydroxyl groups excluding tert-OH is 1. The van der Waals surface area contributed by atoms with E-state index in [4.69, 9.17) is 5.11 Å². The molecule has 0 aliphatic rings. The first-order valence-electron chi connectivity index (χ1n) is 5.34. The van der Waals surface area contributed by atoms with Crippen LogP contribution in [-0.2, 0) is 13.0 Å². The quantitative estimate of drug-likeness (QED) is 0.802. The minimum absolute atomic E-state index is 0.0846. The van der Waals surface area contributed by atoms with E-state index in [1.54, 1.807) is 16.2 Å². The topological polar surface area (TPSA) is 23.5 Å². The molecule has 1 rings (SSSR count). The lowest BCUT2D eigenvalue weighted by atomic mass is 10.3. The summed E-state index contributed by atoms with van der Waals surface area (Å²) in [7, 11) is 0. The maximum Gasteiger partial charge on any atom is 0.251 e. The summed E-state index contributed by atoms with van der Waals surface area (Å²) in [5, 5.41) is 8.80. The summed E-state index contributed by atoms with van der Waals surface area (Å²) in [5.74, 6) is 0. The zero-order valence-corrected chi connectivity index (χ0v) is 10.1. The molecule has 0 amide bonds. The molecule has 1 aromatic rings. The third-order valence-electron chi connectivity index (χ3n) is 2.26. The van der Waals surface area contributed by atoms with Crippen LogP contribution in [0.4, 0.5) is 8.78 Å². The SMILES string of the molecule is CCc1ccc(CN(CCO)CC(F)F)s1. The summed E-state index contributed by atoms with van der Waals surface area (Å²) in [6, 6.07) is 4.00. The Morgan fingerprint density at radius 2 is 2.06 bits per heavy atom. The average molecular weight is 249 g/mol. The summed E-state index contributed by atoms with van der Waals surface area (Å²) < 4.78 is 24.5. The molecule has 0 aliphatic carbocycles. The molecular weight excluding hydrogens is 232 g/mol. The van der Waals surface area contributed by atoms with Crippen LogP contribution >= 0.6 is 11.3 Å². The zero-order valence-electron chi connectivity index (χ0n) is 9.33. The second kappa shape index (κ2) is 6.93. The molecule has 0 saturated carbocycles. The van der Waals surface area contributed by atoms with Crippen LogP contribution in [-0.4, -0.2) is 36.1 Å². The van der Waals surface area contributed by atoms with Crippen molar-refractivity contribution in [2.24, 2.45) is 0 Å². The van der Waals surface area contributed by atoms with Crippen molar-refractivity contribution in [2.45, 2.75) is 26.3 Å². The Morgan fingerprint density at radius 3 is 2.56 bits per heavy atom. The van der Waals surface area contributed by atoms with Gasteiger partial charge in [-0.1, -0.05) is 6.92 Å². The van der Waals surface area contributed by atoms with Gasteiger partial charge in [-0.3, -0.25) is 4.90 Å². The van der Waals surface area contributed by atoms with Crippen molar-refractivity contribution in [1.82, 2.24) is 4.90 Å². The number of thiophene rings is 1. The number of halogens is 2.